The van der Waals surface area contributed by atoms with Crippen LogP contribution in [0.3, 0.4) is 0 Å². The molecule has 1 atom stereocenters. The molecule has 0 bridgehead atoms. The zero-order valence-corrected chi connectivity index (χ0v) is 16.6. The van der Waals surface area contributed by atoms with E-state index in [4.69, 9.17) is 10.8 Å². The number of primary amides is 1. The highest BCUT2D eigenvalue weighted by Gasteiger charge is 2.26. The number of nitrogens with two attached hydrogens (primary N) is 1. The molecule has 1 aliphatic rings. The number of carbonyl (C=O) groups is 2. The fraction of sp³-hybridized carbons (Fsp3) is 0.208. The third kappa shape index (κ3) is 4.33. The number of likely N-dealkylation sites (tertiary alicyclic amines) is 1. The molecule has 1 aliphatic heterocycles. The SMILES string of the molecule is NC(=O)C1CCCN(C(=O)C=Cc2cn(-c3ccccc3)nc2-c2ccccc2)C1. The van der Waals surface area contributed by atoms with Crippen LogP contribution in [0.25, 0.3) is 23.0 Å². The van der Waals surface area contributed by atoms with Gasteiger partial charge in [0.1, 0.15) is 0 Å². The molecule has 2 aromatic carbocycles. The highest BCUT2D eigenvalue weighted by molar-refractivity contribution is 5.93. The number of hydrogen-bond acceptors (Lipinski definition) is 3. The lowest BCUT2D eigenvalue weighted by molar-refractivity contribution is -0.130. The molecule has 4 rings (SSSR count). The molecule has 0 radical (unpaired) electrons. The molecule has 1 aromatic heterocycles. The largest absolute Gasteiger partial charge is 0.369 e. The lowest BCUT2D eigenvalue weighted by atomic mass is 9.97. The number of nitrogens with zero attached hydrogens (tertiary/aromatic N) is 3. The van der Waals surface area contributed by atoms with Gasteiger partial charge in [0.05, 0.1) is 17.3 Å². The van der Waals surface area contributed by atoms with Crippen molar-refractivity contribution in [1.29, 1.82) is 0 Å². The molecule has 2 heterocycles. The molecule has 30 heavy (non-hydrogen) atoms. The van der Waals surface area contributed by atoms with Gasteiger partial charge in [-0.05, 0) is 31.1 Å². The van der Waals surface area contributed by atoms with Crippen LogP contribution in [0.4, 0.5) is 0 Å². The number of aromatic nitrogens is 2. The van der Waals surface area contributed by atoms with Gasteiger partial charge in [-0.2, -0.15) is 5.10 Å². The molecule has 3 aromatic rings. The number of amides is 2. The molecule has 2 N–H and O–H groups in total. The van der Waals surface area contributed by atoms with Crippen LogP contribution in [-0.2, 0) is 9.59 Å². The van der Waals surface area contributed by atoms with Gasteiger partial charge in [0.25, 0.3) is 0 Å². The van der Waals surface area contributed by atoms with Crippen molar-refractivity contribution >= 4 is 17.9 Å². The number of piperidine rings is 1. The summed E-state index contributed by atoms with van der Waals surface area (Å²) in [5.74, 6) is -0.726. The molecule has 152 valence electrons. The summed E-state index contributed by atoms with van der Waals surface area (Å²) in [7, 11) is 0. The summed E-state index contributed by atoms with van der Waals surface area (Å²) in [6.45, 7) is 1.02. The first-order chi connectivity index (χ1) is 14.6. The van der Waals surface area contributed by atoms with E-state index in [2.05, 4.69) is 0 Å². The first kappa shape index (κ1) is 19.6. The molecule has 1 saturated heterocycles. The van der Waals surface area contributed by atoms with Gasteiger partial charge in [0.2, 0.25) is 11.8 Å². The van der Waals surface area contributed by atoms with Crippen molar-refractivity contribution in [2.24, 2.45) is 11.7 Å². The Morgan fingerprint density at radius 1 is 1.03 bits per heavy atom. The lowest BCUT2D eigenvalue weighted by Gasteiger charge is -2.30. The van der Waals surface area contributed by atoms with Crippen LogP contribution in [0.2, 0.25) is 0 Å². The predicted octanol–water partition coefficient (Wildman–Crippen LogP) is 3.28. The van der Waals surface area contributed by atoms with Gasteiger partial charge in [-0.15, -0.1) is 0 Å². The van der Waals surface area contributed by atoms with E-state index in [0.717, 1.165) is 35.3 Å². The first-order valence-corrected chi connectivity index (χ1v) is 10.1. The van der Waals surface area contributed by atoms with Crippen molar-refractivity contribution in [2.45, 2.75) is 12.8 Å². The standard InChI is InChI=1S/C24H24N4O2/c25-24(30)20-10-7-15-27(16-20)22(29)14-13-19-17-28(21-11-5-2-6-12-21)26-23(19)18-8-3-1-4-9-18/h1-6,8-9,11-14,17,20H,7,10,15-16H2,(H2,25,30). The molecule has 1 fully saturated rings. The summed E-state index contributed by atoms with van der Waals surface area (Å²) in [4.78, 5) is 25.9. The highest BCUT2D eigenvalue weighted by atomic mass is 16.2. The fourth-order valence-corrected chi connectivity index (χ4v) is 3.72. The third-order valence-electron chi connectivity index (χ3n) is 5.35. The minimum atomic E-state index is -0.341. The van der Waals surface area contributed by atoms with E-state index in [1.54, 1.807) is 17.1 Å². The number of rotatable bonds is 5. The molecule has 2 amide bonds. The normalized spacial score (nSPS) is 16.7. The minimum Gasteiger partial charge on any atom is -0.369 e. The third-order valence-corrected chi connectivity index (χ3v) is 5.35. The van der Waals surface area contributed by atoms with Crippen molar-refractivity contribution in [3.05, 3.63) is 78.5 Å². The molecule has 0 aliphatic carbocycles. The van der Waals surface area contributed by atoms with E-state index >= 15 is 0 Å². The summed E-state index contributed by atoms with van der Waals surface area (Å²) >= 11 is 0. The topological polar surface area (TPSA) is 81.2 Å². The zero-order valence-electron chi connectivity index (χ0n) is 16.6. The quantitative estimate of drug-likeness (QED) is 0.668. The van der Waals surface area contributed by atoms with E-state index in [1.807, 2.05) is 71.5 Å². The van der Waals surface area contributed by atoms with Gasteiger partial charge >= 0.3 is 0 Å². The highest BCUT2D eigenvalue weighted by Crippen LogP contribution is 2.25. The van der Waals surface area contributed by atoms with Crippen LogP contribution in [-0.4, -0.2) is 39.6 Å². The fourth-order valence-electron chi connectivity index (χ4n) is 3.72. The lowest BCUT2D eigenvalue weighted by Crippen LogP contribution is -2.43. The number of hydrogen-bond donors (Lipinski definition) is 1. The molecule has 0 saturated carbocycles. The Morgan fingerprint density at radius 3 is 2.43 bits per heavy atom. The van der Waals surface area contributed by atoms with Crippen LogP contribution in [0, 0.1) is 5.92 Å². The molecule has 1 unspecified atom stereocenters. The molecule has 6 heteroatoms. The number of carbonyl (C=O) groups excluding carboxylic acids is 2. The van der Waals surface area contributed by atoms with Crippen molar-refractivity contribution in [3.63, 3.8) is 0 Å². The summed E-state index contributed by atoms with van der Waals surface area (Å²) in [5.41, 5.74) is 9.01. The maximum absolute atomic E-state index is 12.7. The second kappa shape index (κ2) is 8.78. The molecule has 6 nitrogen and oxygen atoms in total. The van der Waals surface area contributed by atoms with E-state index in [1.165, 1.54) is 0 Å². The Hall–Kier alpha value is -3.67. The van der Waals surface area contributed by atoms with E-state index in [0.29, 0.717) is 13.1 Å². The van der Waals surface area contributed by atoms with Crippen LogP contribution in [0.5, 0.6) is 0 Å². The van der Waals surface area contributed by atoms with E-state index in [-0.39, 0.29) is 17.7 Å². The first-order valence-electron chi connectivity index (χ1n) is 10.1. The van der Waals surface area contributed by atoms with Crippen LogP contribution in [0.15, 0.2) is 72.9 Å². The van der Waals surface area contributed by atoms with E-state index < -0.39 is 0 Å². The van der Waals surface area contributed by atoms with E-state index in [9.17, 15) is 9.59 Å². The van der Waals surface area contributed by atoms with Gasteiger partial charge in [0.15, 0.2) is 0 Å². The number of para-hydroxylation sites is 1. The van der Waals surface area contributed by atoms with Crippen molar-refractivity contribution in [2.75, 3.05) is 13.1 Å². The van der Waals surface area contributed by atoms with Gasteiger partial charge < -0.3 is 10.6 Å². The smallest absolute Gasteiger partial charge is 0.246 e. The maximum atomic E-state index is 12.7. The Labute approximate surface area is 175 Å². The van der Waals surface area contributed by atoms with Crippen molar-refractivity contribution in [3.8, 4) is 16.9 Å². The van der Waals surface area contributed by atoms with Crippen molar-refractivity contribution in [1.82, 2.24) is 14.7 Å². The van der Waals surface area contributed by atoms with Crippen LogP contribution >= 0.6 is 0 Å². The van der Waals surface area contributed by atoms with Gasteiger partial charge in [-0.25, -0.2) is 4.68 Å². The summed E-state index contributed by atoms with van der Waals surface area (Å²) in [6.07, 6.45) is 6.80. The maximum Gasteiger partial charge on any atom is 0.246 e. The zero-order chi connectivity index (χ0) is 20.9. The Kier molecular flexibility index (Phi) is 5.75. The van der Waals surface area contributed by atoms with Crippen LogP contribution in [0.1, 0.15) is 18.4 Å². The Bertz CT molecular complexity index is 1060. The Morgan fingerprint density at radius 2 is 1.73 bits per heavy atom. The van der Waals surface area contributed by atoms with Gasteiger partial charge in [-0.3, -0.25) is 9.59 Å². The summed E-state index contributed by atoms with van der Waals surface area (Å²) in [5, 5.41) is 4.76. The average molecular weight is 400 g/mol. The van der Waals surface area contributed by atoms with Crippen LogP contribution < -0.4 is 5.73 Å². The van der Waals surface area contributed by atoms with Crippen molar-refractivity contribution < 1.29 is 9.59 Å². The predicted molar refractivity (Wildman–Crippen MR) is 117 cm³/mol. The minimum absolute atomic E-state index is 0.118. The average Bonchev–Trinajstić information content (AvgIpc) is 3.23. The monoisotopic (exact) mass is 400 g/mol. The second-order valence-corrected chi connectivity index (χ2v) is 7.44. The molecule has 0 spiro atoms. The molecular formula is C24H24N4O2. The summed E-state index contributed by atoms with van der Waals surface area (Å²) in [6, 6.07) is 19.7. The van der Waals surface area contributed by atoms with Gasteiger partial charge in [0, 0.05) is 36.5 Å². The van der Waals surface area contributed by atoms with Gasteiger partial charge in [-0.1, -0.05) is 48.5 Å². The second-order valence-electron chi connectivity index (χ2n) is 7.44. The Balaban J connectivity index is 1.62. The number of benzene rings is 2. The summed E-state index contributed by atoms with van der Waals surface area (Å²) < 4.78 is 1.82. The molecular weight excluding hydrogens is 376 g/mol.